The molecule has 0 aromatic carbocycles. The third-order valence-corrected chi connectivity index (χ3v) is 8.00. The second-order valence-corrected chi connectivity index (χ2v) is 10.8. The number of piperazine rings is 1. The second-order valence-electron chi connectivity index (χ2n) is 10.8. The molecule has 1 saturated carbocycles. The number of methoxy groups -OCH3 is 1. The van der Waals surface area contributed by atoms with Gasteiger partial charge in [0.05, 0.1) is 23.7 Å². The summed E-state index contributed by atoms with van der Waals surface area (Å²) in [4.78, 5) is 38.7. The number of aliphatic carboxylic acids is 1. The molecule has 4 atom stereocenters. The minimum absolute atomic E-state index is 0.0265. The first-order valence-corrected chi connectivity index (χ1v) is 14.6. The number of amides is 1. The molecule has 3 fully saturated rings. The van der Waals surface area contributed by atoms with Crippen LogP contribution in [-0.2, 0) is 30.0 Å². The number of aromatic nitrogens is 1. The fourth-order valence-electron chi connectivity index (χ4n) is 5.61. The lowest BCUT2D eigenvalue weighted by Crippen LogP contribution is -2.54. The van der Waals surface area contributed by atoms with Crippen LogP contribution in [-0.4, -0.2) is 116 Å². The van der Waals surface area contributed by atoms with Crippen molar-refractivity contribution in [2.24, 2.45) is 5.41 Å². The number of rotatable bonds is 6. The first kappa shape index (κ1) is 42.6. The molecule has 0 radical (unpaired) electrons. The minimum atomic E-state index is -5.08. The van der Waals surface area contributed by atoms with Crippen molar-refractivity contribution in [1.29, 1.82) is 0 Å². The standard InChI is InChI=1S/C24H35F3N4O3.C2HF3O2.CHF3.CH2O2/c1-3-23(7-4-18(15-23)29-19-6-13-34-16-20(19)33-2)22(32)31-11-9-30(10-12-31)21-14-17(5-8-28-21)24(25,26)27;3-2(4,5)1(6)7;2-1(3)4;2-1-3/h5,8,14,18-20,29H,3-4,6-7,9-13,15-16H2,1-2H3;(H,6,7);1H;1H,(H,2,3)/t18-,19?,20?,23+;;;/m1.../s1. The van der Waals surface area contributed by atoms with Crippen LogP contribution in [0.5, 0.6) is 0 Å². The van der Waals surface area contributed by atoms with Crippen LogP contribution in [0.2, 0.25) is 0 Å². The monoisotopic (exact) mass is 714 g/mol. The van der Waals surface area contributed by atoms with Crippen molar-refractivity contribution in [2.75, 3.05) is 51.4 Å². The summed E-state index contributed by atoms with van der Waals surface area (Å²) in [6.07, 6.45) is -4.00. The van der Waals surface area contributed by atoms with Gasteiger partial charge in [-0.25, -0.2) is 9.78 Å². The number of pyridine rings is 1. The van der Waals surface area contributed by atoms with Crippen LogP contribution in [0.15, 0.2) is 18.3 Å². The Bertz CT molecular complexity index is 1140. The zero-order chi connectivity index (χ0) is 36.7. The largest absolute Gasteiger partial charge is 0.490 e. The van der Waals surface area contributed by atoms with Crippen molar-refractivity contribution in [3.8, 4) is 0 Å². The third-order valence-electron chi connectivity index (χ3n) is 8.00. The Hall–Kier alpha value is -3.39. The topological polar surface area (TPSA) is 142 Å². The van der Waals surface area contributed by atoms with Gasteiger partial charge in [0.1, 0.15) is 5.82 Å². The Labute approximate surface area is 270 Å². The number of carbonyl (C=O) groups excluding carboxylic acids is 1. The van der Waals surface area contributed by atoms with Gasteiger partial charge in [0.2, 0.25) is 5.91 Å². The molecule has 276 valence electrons. The van der Waals surface area contributed by atoms with E-state index in [1.54, 1.807) is 7.11 Å². The zero-order valence-corrected chi connectivity index (χ0v) is 26.1. The predicted octanol–water partition coefficient (Wildman–Crippen LogP) is 4.60. The number of carboxylic acids is 1. The summed E-state index contributed by atoms with van der Waals surface area (Å²) in [5.41, 5.74) is -1.09. The predicted molar refractivity (Wildman–Crippen MR) is 151 cm³/mol. The van der Waals surface area contributed by atoms with Gasteiger partial charge >= 0.3 is 25.0 Å². The maximum atomic E-state index is 13.6. The van der Waals surface area contributed by atoms with Crippen LogP contribution in [0.25, 0.3) is 0 Å². The summed E-state index contributed by atoms with van der Waals surface area (Å²) < 4.78 is 111. The van der Waals surface area contributed by atoms with Gasteiger partial charge in [-0.1, -0.05) is 6.92 Å². The van der Waals surface area contributed by atoms with Gasteiger partial charge in [-0.3, -0.25) is 9.59 Å². The summed E-state index contributed by atoms with van der Waals surface area (Å²) in [5, 5.41) is 17.7. The normalized spacial score (nSPS) is 24.3. The molecule has 0 bridgehead atoms. The fourth-order valence-corrected chi connectivity index (χ4v) is 5.61. The lowest BCUT2D eigenvalue weighted by atomic mass is 9.81. The van der Waals surface area contributed by atoms with E-state index in [0.29, 0.717) is 45.2 Å². The maximum Gasteiger partial charge on any atom is 0.490 e. The first-order chi connectivity index (χ1) is 22.3. The van der Waals surface area contributed by atoms with E-state index in [1.165, 1.54) is 6.20 Å². The van der Waals surface area contributed by atoms with Gasteiger partial charge in [0.15, 0.2) is 0 Å². The number of ether oxygens (including phenoxy) is 2. The summed E-state index contributed by atoms with van der Waals surface area (Å²) in [7, 11) is 1.71. The number of carboxylic acid groups (broad SMARTS) is 2. The maximum absolute atomic E-state index is 13.6. The fraction of sp³-hybridized carbons (Fsp3) is 0.714. The quantitative estimate of drug-likeness (QED) is 0.283. The molecule has 1 aromatic rings. The first-order valence-electron chi connectivity index (χ1n) is 14.6. The molecule has 4 rings (SSSR count). The van der Waals surface area contributed by atoms with Crippen molar-refractivity contribution >= 4 is 24.2 Å². The van der Waals surface area contributed by atoms with Crippen molar-refractivity contribution in [1.82, 2.24) is 15.2 Å². The van der Waals surface area contributed by atoms with Crippen LogP contribution < -0.4 is 10.2 Å². The number of hydrogen-bond donors (Lipinski definition) is 3. The minimum Gasteiger partial charge on any atom is -0.483 e. The Morgan fingerprint density at radius 1 is 1.15 bits per heavy atom. The van der Waals surface area contributed by atoms with Gasteiger partial charge in [0.25, 0.3) is 6.47 Å². The average Bonchev–Trinajstić information content (AvgIpc) is 3.45. The van der Waals surface area contributed by atoms with E-state index in [4.69, 9.17) is 29.3 Å². The number of alkyl halides is 9. The number of nitrogens with zero attached hydrogens (tertiary/aromatic N) is 3. The summed E-state index contributed by atoms with van der Waals surface area (Å²) in [6.45, 7) is 1.38. The molecule has 2 aliphatic heterocycles. The van der Waals surface area contributed by atoms with Gasteiger partial charge in [-0.05, 0) is 44.2 Å². The van der Waals surface area contributed by atoms with E-state index in [-0.39, 0.29) is 36.0 Å². The van der Waals surface area contributed by atoms with E-state index in [0.717, 1.165) is 44.2 Å². The molecule has 11 nitrogen and oxygen atoms in total. The number of nitrogens with one attached hydrogen (secondary N) is 1. The van der Waals surface area contributed by atoms with Gasteiger partial charge in [0, 0.05) is 58.2 Å². The lowest BCUT2D eigenvalue weighted by Gasteiger charge is -2.40. The molecular weight excluding hydrogens is 675 g/mol. The number of halogens is 9. The molecule has 20 heteroatoms. The lowest BCUT2D eigenvalue weighted by molar-refractivity contribution is -0.192. The van der Waals surface area contributed by atoms with Crippen LogP contribution in [0.1, 0.15) is 44.6 Å². The van der Waals surface area contributed by atoms with Crippen molar-refractivity contribution in [3.05, 3.63) is 23.9 Å². The molecule has 48 heavy (non-hydrogen) atoms. The Kier molecular flexibility index (Phi) is 17.4. The highest BCUT2D eigenvalue weighted by atomic mass is 19.4. The number of hydrogen-bond acceptors (Lipinski definition) is 8. The van der Waals surface area contributed by atoms with Crippen LogP contribution in [0.3, 0.4) is 0 Å². The van der Waals surface area contributed by atoms with E-state index in [1.807, 2.05) is 9.80 Å². The average molecular weight is 715 g/mol. The van der Waals surface area contributed by atoms with Crippen molar-refractivity contribution in [2.45, 2.75) is 76.2 Å². The van der Waals surface area contributed by atoms with Gasteiger partial charge in [-0.2, -0.15) is 39.5 Å². The van der Waals surface area contributed by atoms with Gasteiger partial charge < -0.3 is 34.8 Å². The summed E-state index contributed by atoms with van der Waals surface area (Å²) in [5.74, 6) is -2.28. The third kappa shape index (κ3) is 13.6. The molecule has 1 aliphatic carbocycles. The molecule has 1 aromatic heterocycles. The molecule has 3 N–H and O–H groups in total. The van der Waals surface area contributed by atoms with E-state index >= 15 is 0 Å². The SMILES string of the molecule is CC[C@]1(C(=O)N2CCN(c3cc(C(F)(F)F)ccn3)CC2)CC[C@@H](NC2CCOCC2OC)C1.FC(F)F.O=C(O)C(F)(F)F.O=CO. The highest BCUT2D eigenvalue weighted by molar-refractivity contribution is 5.83. The molecule has 3 aliphatic rings. The Balaban J connectivity index is 0.000000696. The molecule has 1 amide bonds. The van der Waals surface area contributed by atoms with E-state index in [9.17, 15) is 44.3 Å². The Morgan fingerprint density at radius 2 is 1.71 bits per heavy atom. The molecule has 2 unspecified atom stereocenters. The molecule has 2 saturated heterocycles. The van der Waals surface area contributed by atoms with Crippen LogP contribution in [0.4, 0.5) is 45.3 Å². The molecule has 3 heterocycles. The van der Waals surface area contributed by atoms with Crippen molar-refractivity contribution in [3.63, 3.8) is 0 Å². The van der Waals surface area contributed by atoms with Crippen molar-refractivity contribution < 1.29 is 73.6 Å². The molecule has 0 spiro atoms. The molecular formula is C28H39F9N4O7. The highest BCUT2D eigenvalue weighted by Crippen LogP contribution is 2.43. The number of carbonyl (C=O) groups is 3. The second kappa shape index (κ2) is 19.6. The van der Waals surface area contributed by atoms with E-state index in [2.05, 4.69) is 17.2 Å². The van der Waals surface area contributed by atoms with Crippen LogP contribution >= 0.6 is 0 Å². The zero-order valence-electron chi connectivity index (χ0n) is 26.1. The number of anilines is 1. The summed E-state index contributed by atoms with van der Waals surface area (Å²) >= 11 is 0. The highest BCUT2D eigenvalue weighted by Gasteiger charge is 2.47. The smallest absolute Gasteiger partial charge is 0.483 e. The van der Waals surface area contributed by atoms with E-state index < -0.39 is 30.6 Å². The van der Waals surface area contributed by atoms with Gasteiger partial charge in [-0.15, -0.1) is 0 Å². The summed E-state index contributed by atoms with van der Waals surface area (Å²) in [6, 6.07) is 2.56. The van der Waals surface area contributed by atoms with Crippen LogP contribution in [0, 0.1) is 5.41 Å². The Morgan fingerprint density at radius 3 is 2.19 bits per heavy atom.